The first-order valence-electron chi connectivity index (χ1n) is 6.12. The van der Waals surface area contributed by atoms with Crippen LogP contribution in [0.4, 0.5) is 4.79 Å². The summed E-state index contributed by atoms with van der Waals surface area (Å²) in [5, 5.41) is 12.0. The fourth-order valence-corrected chi connectivity index (χ4v) is 2.09. The molecule has 0 saturated carbocycles. The number of rotatable bonds is 3. The van der Waals surface area contributed by atoms with E-state index in [0.29, 0.717) is 5.58 Å². The molecule has 0 saturated heterocycles. The highest BCUT2D eigenvalue weighted by molar-refractivity contribution is 5.85. The predicted molar refractivity (Wildman–Crippen MR) is 74.3 cm³/mol. The molecule has 5 heteroatoms. The Bertz CT molecular complexity index is 750. The number of para-hydroxylation sites is 1. The molecule has 2 heterocycles. The number of fused-ring (bicyclic) bond motifs is 1. The van der Waals surface area contributed by atoms with E-state index in [4.69, 9.17) is 9.52 Å². The smallest absolute Gasteiger partial charge is 0.404 e. The van der Waals surface area contributed by atoms with Gasteiger partial charge < -0.3 is 14.8 Å². The lowest BCUT2D eigenvalue weighted by Gasteiger charge is -2.01. The second-order valence-electron chi connectivity index (χ2n) is 4.34. The predicted octanol–water partition coefficient (Wildman–Crippen LogP) is 3.26. The van der Waals surface area contributed by atoms with Crippen molar-refractivity contribution < 1.29 is 14.3 Å². The van der Waals surface area contributed by atoms with Crippen LogP contribution in [0.15, 0.2) is 53.2 Å². The van der Waals surface area contributed by atoms with Crippen LogP contribution in [-0.2, 0) is 6.54 Å². The Morgan fingerprint density at radius 2 is 2.05 bits per heavy atom. The zero-order valence-electron chi connectivity index (χ0n) is 10.5. The van der Waals surface area contributed by atoms with Crippen molar-refractivity contribution in [2.75, 3.05) is 0 Å². The molecule has 2 N–H and O–H groups in total. The topological polar surface area (TPSA) is 75.4 Å². The highest BCUT2D eigenvalue weighted by Gasteiger charge is 2.10. The van der Waals surface area contributed by atoms with E-state index in [1.54, 1.807) is 12.4 Å². The number of furan rings is 1. The van der Waals surface area contributed by atoms with E-state index in [1.807, 2.05) is 36.4 Å². The number of benzene rings is 1. The lowest BCUT2D eigenvalue weighted by Crippen LogP contribution is -2.19. The average molecular weight is 268 g/mol. The second-order valence-corrected chi connectivity index (χ2v) is 4.34. The number of carboxylic acid groups (broad SMARTS) is 1. The highest BCUT2D eigenvalue weighted by Crippen LogP contribution is 2.29. The van der Waals surface area contributed by atoms with Gasteiger partial charge in [0, 0.05) is 35.5 Å². The van der Waals surface area contributed by atoms with Gasteiger partial charge in [-0.3, -0.25) is 4.98 Å². The van der Waals surface area contributed by atoms with Gasteiger partial charge in [0.15, 0.2) is 0 Å². The number of nitrogens with zero attached hydrogens (tertiary/aromatic N) is 1. The Morgan fingerprint density at radius 3 is 2.80 bits per heavy atom. The molecule has 0 spiro atoms. The van der Waals surface area contributed by atoms with Crippen LogP contribution in [0.5, 0.6) is 0 Å². The second kappa shape index (κ2) is 5.05. The highest BCUT2D eigenvalue weighted by atomic mass is 16.4. The lowest BCUT2D eigenvalue weighted by molar-refractivity contribution is 0.194. The maximum atomic E-state index is 10.6. The SMILES string of the molecule is O=C(O)NCc1cccc2cc(-c3ccncc3)oc12. The van der Waals surface area contributed by atoms with Gasteiger partial charge in [0.2, 0.25) is 0 Å². The van der Waals surface area contributed by atoms with Gasteiger partial charge in [0.05, 0.1) is 0 Å². The molecule has 0 unspecified atom stereocenters. The van der Waals surface area contributed by atoms with Gasteiger partial charge in [-0.25, -0.2) is 4.79 Å². The monoisotopic (exact) mass is 268 g/mol. The van der Waals surface area contributed by atoms with Crippen molar-refractivity contribution in [2.24, 2.45) is 0 Å². The summed E-state index contributed by atoms with van der Waals surface area (Å²) >= 11 is 0. The van der Waals surface area contributed by atoms with Crippen molar-refractivity contribution in [3.63, 3.8) is 0 Å². The summed E-state index contributed by atoms with van der Waals surface area (Å²) in [7, 11) is 0. The van der Waals surface area contributed by atoms with Gasteiger partial charge >= 0.3 is 6.09 Å². The fourth-order valence-electron chi connectivity index (χ4n) is 2.09. The van der Waals surface area contributed by atoms with E-state index < -0.39 is 6.09 Å². The minimum absolute atomic E-state index is 0.218. The molecule has 0 atom stereocenters. The third-order valence-corrected chi connectivity index (χ3v) is 3.02. The molecule has 2 aromatic heterocycles. The molecule has 1 amide bonds. The van der Waals surface area contributed by atoms with E-state index in [9.17, 15) is 4.79 Å². The van der Waals surface area contributed by atoms with E-state index in [1.165, 1.54) is 0 Å². The Balaban J connectivity index is 2.02. The van der Waals surface area contributed by atoms with Crippen molar-refractivity contribution in [1.82, 2.24) is 10.3 Å². The minimum atomic E-state index is -1.05. The number of nitrogens with one attached hydrogen (secondary N) is 1. The number of pyridine rings is 1. The zero-order chi connectivity index (χ0) is 13.9. The van der Waals surface area contributed by atoms with Crippen LogP contribution in [0, 0.1) is 0 Å². The molecule has 0 aliphatic rings. The standard InChI is InChI=1S/C15H12N2O3/c18-15(19)17-9-12-3-1-2-11-8-13(20-14(11)12)10-4-6-16-7-5-10/h1-8,17H,9H2,(H,18,19). The molecule has 0 radical (unpaired) electrons. The number of carbonyl (C=O) groups is 1. The molecular weight excluding hydrogens is 256 g/mol. The summed E-state index contributed by atoms with van der Waals surface area (Å²) in [4.78, 5) is 14.6. The summed E-state index contributed by atoms with van der Waals surface area (Å²) in [6, 6.07) is 11.3. The molecule has 3 aromatic rings. The molecule has 3 rings (SSSR count). The largest absolute Gasteiger partial charge is 0.465 e. The fraction of sp³-hybridized carbons (Fsp3) is 0.0667. The molecule has 0 bridgehead atoms. The Labute approximate surface area is 114 Å². The summed E-state index contributed by atoms with van der Waals surface area (Å²) in [5.74, 6) is 0.741. The van der Waals surface area contributed by atoms with Crippen molar-refractivity contribution in [1.29, 1.82) is 0 Å². The van der Waals surface area contributed by atoms with Crippen LogP contribution >= 0.6 is 0 Å². The quantitative estimate of drug-likeness (QED) is 0.764. The third-order valence-electron chi connectivity index (χ3n) is 3.02. The molecule has 20 heavy (non-hydrogen) atoms. The summed E-state index contributed by atoms with van der Waals surface area (Å²) in [5.41, 5.74) is 2.45. The van der Waals surface area contributed by atoms with Gasteiger partial charge in [-0.15, -0.1) is 0 Å². The maximum Gasteiger partial charge on any atom is 0.404 e. The van der Waals surface area contributed by atoms with Crippen LogP contribution in [0.2, 0.25) is 0 Å². The number of aromatic nitrogens is 1. The zero-order valence-corrected chi connectivity index (χ0v) is 10.5. The van der Waals surface area contributed by atoms with Crippen LogP contribution in [0.3, 0.4) is 0 Å². The third kappa shape index (κ3) is 2.33. The van der Waals surface area contributed by atoms with E-state index in [2.05, 4.69) is 10.3 Å². The average Bonchev–Trinajstić information content (AvgIpc) is 2.90. The van der Waals surface area contributed by atoms with E-state index >= 15 is 0 Å². The van der Waals surface area contributed by atoms with Crippen LogP contribution in [-0.4, -0.2) is 16.2 Å². The first-order chi connectivity index (χ1) is 9.74. The summed E-state index contributed by atoms with van der Waals surface area (Å²) in [6.07, 6.45) is 2.35. The first kappa shape index (κ1) is 12.2. The number of amides is 1. The molecule has 100 valence electrons. The molecule has 5 nitrogen and oxygen atoms in total. The van der Waals surface area contributed by atoms with E-state index in [-0.39, 0.29) is 6.54 Å². The minimum Gasteiger partial charge on any atom is -0.465 e. The van der Waals surface area contributed by atoms with Gasteiger partial charge in [-0.2, -0.15) is 0 Å². The van der Waals surface area contributed by atoms with E-state index in [0.717, 1.165) is 22.3 Å². The van der Waals surface area contributed by atoms with Gasteiger partial charge in [0.1, 0.15) is 11.3 Å². The molecule has 0 aliphatic carbocycles. The Kier molecular flexibility index (Phi) is 3.09. The van der Waals surface area contributed by atoms with Crippen molar-refractivity contribution in [2.45, 2.75) is 6.54 Å². The molecular formula is C15H12N2O3. The van der Waals surface area contributed by atoms with Gasteiger partial charge in [-0.1, -0.05) is 18.2 Å². The van der Waals surface area contributed by atoms with Crippen LogP contribution in [0.25, 0.3) is 22.3 Å². The van der Waals surface area contributed by atoms with Gasteiger partial charge in [0.25, 0.3) is 0 Å². The summed E-state index contributed by atoms with van der Waals surface area (Å²) < 4.78 is 5.86. The van der Waals surface area contributed by atoms with Crippen molar-refractivity contribution in [3.8, 4) is 11.3 Å². The summed E-state index contributed by atoms with van der Waals surface area (Å²) in [6.45, 7) is 0.218. The Morgan fingerprint density at radius 1 is 1.25 bits per heavy atom. The van der Waals surface area contributed by atoms with Gasteiger partial charge in [-0.05, 0) is 18.2 Å². The first-order valence-corrected chi connectivity index (χ1v) is 6.12. The maximum absolute atomic E-state index is 10.6. The normalized spacial score (nSPS) is 10.6. The molecule has 0 fully saturated rings. The van der Waals surface area contributed by atoms with Crippen LogP contribution in [0.1, 0.15) is 5.56 Å². The lowest BCUT2D eigenvalue weighted by atomic mass is 10.1. The molecule has 1 aromatic carbocycles. The number of hydrogen-bond donors (Lipinski definition) is 2. The molecule has 0 aliphatic heterocycles. The van der Waals surface area contributed by atoms with Crippen molar-refractivity contribution in [3.05, 3.63) is 54.4 Å². The van der Waals surface area contributed by atoms with Crippen molar-refractivity contribution >= 4 is 17.1 Å². The Hall–Kier alpha value is -2.82. The van der Waals surface area contributed by atoms with Crippen LogP contribution < -0.4 is 5.32 Å². The number of hydrogen-bond acceptors (Lipinski definition) is 3.